The molecule has 0 bridgehead atoms. The zero-order chi connectivity index (χ0) is 22.9. The van der Waals surface area contributed by atoms with E-state index in [2.05, 4.69) is 14.9 Å². The number of benzene rings is 3. The second-order valence-corrected chi connectivity index (χ2v) is 6.81. The first-order valence-electron chi connectivity index (χ1n) is 9.50. The van der Waals surface area contributed by atoms with Crippen molar-refractivity contribution in [1.29, 1.82) is 0 Å². The van der Waals surface area contributed by atoms with Crippen molar-refractivity contribution in [3.8, 4) is 40.3 Å². The highest BCUT2D eigenvalue weighted by Gasteiger charge is 2.16. The van der Waals surface area contributed by atoms with E-state index in [0.29, 0.717) is 22.3 Å². The summed E-state index contributed by atoms with van der Waals surface area (Å²) in [5, 5.41) is 4.57. The molecule has 0 saturated heterocycles. The SMILES string of the molecule is Fc1ccc(Oc2ccc(-c3noc(-c4cc5ccc(OC(F)F)cc5o4)n3)cc2)cc1F. The molecule has 33 heavy (non-hydrogen) atoms. The highest BCUT2D eigenvalue weighted by molar-refractivity contribution is 5.82. The molecule has 0 aliphatic rings. The molecule has 5 rings (SSSR count). The van der Waals surface area contributed by atoms with Gasteiger partial charge in [-0.25, -0.2) is 8.78 Å². The number of fused-ring (bicyclic) bond motifs is 1. The Morgan fingerprint density at radius 3 is 2.30 bits per heavy atom. The molecule has 0 atom stereocenters. The van der Waals surface area contributed by atoms with E-state index >= 15 is 0 Å². The molecule has 0 amide bonds. The molecule has 0 N–H and O–H groups in total. The topological polar surface area (TPSA) is 70.5 Å². The lowest BCUT2D eigenvalue weighted by Gasteiger charge is -2.06. The third-order valence-corrected chi connectivity index (χ3v) is 4.59. The Morgan fingerprint density at radius 2 is 1.55 bits per heavy atom. The van der Waals surface area contributed by atoms with Gasteiger partial charge in [0, 0.05) is 23.1 Å². The second-order valence-electron chi connectivity index (χ2n) is 6.81. The highest BCUT2D eigenvalue weighted by Crippen LogP contribution is 2.31. The molecule has 0 fully saturated rings. The lowest BCUT2D eigenvalue weighted by atomic mass is 10.2. The average molecular weight is 456 g/mol. The lowest BCUT2D eigenvalue weighted by molar-refractivity contribution is -0.0497. The van der Waals surface area contributed by atoms with Crippen LogP contribution in [0.2, 0.25) is 0 Å². The van der Waals surface area contributed by atoms with Gasteiger partial charge in [0.05, 0.1) is 0 Å². The summed E-state index contributed by atoms with van der Waals surface area (Å²) in [6.45, 7) is -2.94. The van der Waals surface area contributed by atoms with Gasteiger partial charge in [0.2, 0.25) is 5.82 Å². The third kappa shape index (κ3) is 4.36. The Morgan fingerprint density at radius 1 is 0.788 bits per heavy atom. The first-order valence-corrected chi connectivity index (χ1v) is 9.50. The second kappa shape index (κ2) is 8.30. The third-order valence-electron chi connectivity index (χ3n) is 4.59. The van der Waals surface area contributed by atoms with Gasteiger partial charge in [0.1, 0.15) is 22.8 Å². The van der Waals surface area contributed by atoms with Gasteiger partial charge in [0.25, 0.3) is 5.89 Å². The van der Waals surface area contributed by atoms with Crippen LogP contribution in [0.4, 0.5) is 17.6 Å². The first-order chi connectivity index (χ1) is 15.9. The maximum Gasteiger partial charge on any atom is 0.387 e. The van der Waals surface area contributed by atoms with Gasteiger partial charge in [-0.3, -0.25) is 0 Å². The smallest absolute Gasteiger partial charge is 0.387 e. The van der Waals surface area contributed by atoms with Crippen molar-refractivity contribution in [2.24, 2.45) is 0 Å². The first kappa shape index (κ1) is 20.6. The lowest BCUT2D eigenvalue weighted by Crippen LogP contribution is -2.01. The fraction of sp³-hybridized carbons (Fsp3) is 0.0435. The van der Waals surface area contributed by atoms with Crippen molar-refractivity contribution in [2.45, 2.75) is 6.61 Å². The quantitative estimate of drug-likeness (QED) is 0.261. The number of ether oxygens (including phenoxy) is 2. The normalized spacial score (nSPS) is 11.3. The van der Waals surface area contributed by atoms with E-state index in [1.807, 2.05) is 0 Å². The molecule has 0 aliphatic heterocycles. The summed E-state index contributed by atoms with van der Waals surface area (Å²) in [5.74, 6) is -0.829. The number of hydrogen-bond acceptors (Lipinski definition) is 6. The van der Waals surface area contributed by atoms with E-state index < -0.39 is 18.2 Å². The molecule has 2 heterocycles. The van der Waals surface area contributed by atoms with Gasteiger partial charge in [-0.1, -0.05) is 5.16 Å². The van der Waals surface area contributed by atoms with Crippen LogP contribution in [-0.2, 0) is 0 Å². The van der Waals surface area contributed by atoms with Crippen molar-refractivity contribution in [3.63, 3.8) is 0 Å². The highest BCUT2D eigenvalue weighted by atomic mass is 19.3. The molecule has 10 heteroatoms. The minimum Gasteiger partial charge on any atom is -0.457 e. The average Bonchev–Trinajstić information content (AvgIpc) is 3.43. The molecular weight excluding hydrogens is 444 g/mol. The van der Waals surface area contributed by atoms with Crippen LogP contribution in [0.1, 0.15) is 0 Å². The summed E-state index contributed by atoms with van der Waals surface area (Å²) in [7, 11) is 0. The number of hydrogen-bond donors (Lipinski definition) is 0. The number of rotatable bonds is 6. The number of nitrogens with zero attached hydrogens (tertiary/aromatic N) is 2. The molecule has 6 nitrogen and oxygen atoms in total. The maximum absolute atomic E-state index is 13.3. The van der Waals surface area contributed by atoms with E-state index in [4.69, 9.17) is 13.7 Å². The molecule has 2 aromatic heterocycles. The van der Waals surface area contributed by atoms with Crippen molar-refractivity contribution in [1.82, 2.24) is 10.1 Å². The molecule has 166 valence electrons. The van der Waals surface area contributed by atoms with E-state index in [1.54, 1.807) is 36.4 Å². The van der Waals surface area contributed by atoms with Crippen LogP contribution in [-0.4, -0.2) is 16.8 Å². The number of halogens is 4. The largest absolute Gasteiger partial charge is 0.457 e. The molecule has 0 aliphatic carbocycles. The van der Waals surface area contributed by atoms with Crippen LogP contribution in [0, 0.1) is 11.6 Å². The Labute approximate surface area is 183 Å². The van der Waals surface area contributed by atoms with E-state index in [1.165, 1.54) is 18.2 Å². The van der Waals surface area contributed by atoms with Crippen molar-refractivity contribution in [3.05, 3.63) is 78.4 Å². The monoisotopic (exact) mass is 456 g/mol. The van der Waals surface area contributed by atoms with E-state index in [9.17, 15) is 17.6 Å². The van der Waals surface area contributed by atoms with Gasteiger partial charge >= 0.3 is 6.61 Å². The zero-order valence-electron chi connectivity index (χ0n) is 16.5. The standard InChI is InChI=1S/C23H12F4N2O4/c24-17-8-7-15(10-18(17)25)30-14-4-1-12(2-5-14)21-28-22(33-29-21)20-9-13-3-6-16(31-23(26)27)11-19(13)32-20/h1-11,23H. The molecule has 5 aromatic rings. The minimum atomic E-state index is -2.94. The Bertz CT molecular complexity index is 1430. The van der Waals surface area contributed by atoms with Crippen molar-refractivity contribution >= 4 is 11.0 Å². The number of aromatic nitrogens is 2. The van der Waals surface area contributed by atoms with Gasteiger partial charge < -0.3 is 18.4 Å². The van der Waals surface area contributed by atoms with Gasteiger partial charge in [0.15, 0.2) is 17.4 Å². The van der Waals surface area contributed by atoms with Crippen molar-refractivity contribution in [2.75, 3.05) is 0 Å². The van der Waals surface area contributed by atoms with Crippen LogP contribution in [0.15, 0.2) is 75.7 Å². The molecule has 0 radical (unpaired) electrons. The summed E-state index contributed by atoms with van der Waals surface area (Å²) in [5.41, 5.74) is 0.924. The summed E-state index contributed by atoms with van der Waals surface area (Å²) in [4.78, 5) is 4.30. The Balaban J connectivity index is 1.34. The minimum absolute atomic E-state index is 0.0321. The Hall–Kier alpha value is -4.34. The molecular formula is C23H12F4N2O4. The van der Waals surface area contributed by atoms with Crippen LogP contribution in [0.25, 0.3) is 34.0 Å². The van der Waals surface area contributed by atoms with Crippen LogP contribution in [0.3, 0.4) is 0 Å². The summed E-state index contributed by atoms with van der Waals surface area (Å²) < 4.78 is 71.9. The molecule has 0 unspecified atom stereocenters. The van der Waals surface area contributed by atoms with E-state index in [-0.39, 0.29) is 29.0 Å². The molecule has 0 spiro atoms. The van der Waals surface area contributed by atoms with Gasteiger partial charge in [-0.15, -0.1) is 0 Å². The van der Waals surface area contributed by atoms with Crippen LogP contribution < -0.4 is 9.47 Å². The van der Waals surface area contributed by atoms with Crippen LogP contribution >= 0.6 is 0 Å². The van der Waals surface area contributed by atoms with Gasteiger partial charge in [-0.05, 0) is 54.6 Å². The number of alkyl halides is 2. The predicted octanol–water partition coefficient (Wildman–Crippen LogP) is 6.82. The Kier molecular flexibility index (Phi) is 5.17. The fourth-order valence-corrected chi connectivity index (χ4v) is 3.08. The molecule has 3 aromatic carbocycles. The summed E-state index contributed by atoms with van der Waals surface area (Å²) in [6, 6.07) is 15.7. The fourth-order valence-electron chi connectivity index (χ4n) is 3.08. The van der Waals surface area contributed by atoms with Gasteiger partial charge in [-0.2, -0.15) is 13.8 Å². The summed E-state index contributed by atoms with van der Waals surface area (Å²) in [6.07, 6.45) is 0. The number of furan rings is 1. The predicted molar refractivity (Wildman–Crippen MR) is 108 cm³/mol. The van der Waals surface area contributed by atoms with Crippen LogP contribution in [0.5, 0.6) is 17.2 Å². The summed E-state index contributed by atoms with van der Waals surface area (Å²) >= 11 is 0. The van der Waals surface area contributed by atoms with E-state index in [0.717, 1.165) is 12.1 Å². The molecule has 0 saturated carbocycles. The maximum atomic E-state index is 13.3. The van der Waals surface area contributed by atoms with Crippen molar-refractivity contribution < 1.29 is 36.0 Å². The zero-order valence-corrected chi connectivity index (χ0v) is 16.5.